The van der Waals surface area contributed by atoms with Crippen molar-refractivity contribution in [2.75, 3.05) is 39.9 Å². The number of carboxylic acid groups (broad SMARTS) is 1. The first kappa shape index (κ1) is 23.8. The molecule has 2 heterocycles. The molecule has 1 aromatic heterocycles. The number of carboxylic acids is 1. The number of carbonyl (C=O) groups is 4. The van der Waals surface area contributed by atoms with Crippen molar-refractivity contribution in [3.63, 3.8) is 0 Å². The van der Waals surface area contributed by atoms with Gasteiger partial charge in [0, 0.05) is 31.1 Å². The molecule has 33 heavy (non-hydrogen) atoms. The van der Waals surface area contributed by atoms with Crippen LogP contribution in [0, 0.1) is 0 Å². The molecule has 11 nitrogen and oxygen atoms in total. The number of nitrogens with zero attached hydrogens (tertiary/aromatic N) is 3. The second-order valence-electron chi connectivity index (χ2n) is 7.39. The number of fused-ring (bicyclic) bond motifs is 1. The standard InChI is InChI=1S/C22H26N4O7/c1-3-33-22(31)25-8-9-26(14(13-25)10-20(28)29)19(27)12-23-21(30)17-11-18(32-2)15-6-4-5-7-16(15)24-17/h4-7,11,14H,3,8-10,12-13H2,1-2H3,(H,23,30)(H,28,29). The van der Waals surface area contributed by atoms with Crippen molar-refractivity contribution in [3.8, 4) is 5.75 Å². The van der Waals surface area contributed by atoms with Crippen LogP contribution in [-0.2, 0) is 14.3 Å². The molecule has 176 valence electrons. The molecular weight excluding hydrogens is 432 g/mol. The van der Waals surface area contributed by atoms with Crippen molar-refractivity contribution < 1.29 is 33.8 Å². The second kappa shape index (κ2) is 10.6. The Morgan fingerprint density at radius 3 is 2.67 bits per heavy atom. The third-order valence-electron chi connectivity index (χ3n) is 5.27. The molecule has 0 spiro atoms. The summed E-state index contributed by atoms with van der Waals surface area (Å²) in [5.74, 6) is -1.63. The third kappa shape index (κ3) is 5.68. The summed E-state index contributed by atoms with van der Waals surface area (Å²) < 4.78 is 10.3. The van der Waals surface area contributed by atoms with E-state index < -0.39 is 29.9 Å². The van der Waals surface area contributed by atoms with Crippen LogP contribution in [0.1, 0.15) is 23.8 Å². The van der Waals surface area contributed by atoms with Gasteiger partial charge in [0.2, 0.25) is 5.91 Å². The van der Waals surface area contributed by atoms with Crippen molar-refractivity contribution >= 4 is 34.8 Å². The summed E-state index contributed by atoms with van der Waals surface area (Å²) in [6.45, 7) is 1.90. The lowest BCUT2D eigenvalue weighted by atomic mass is 10.1. The fourth-order valence-corrected chi connectivity index (χ4v) is 3.72. The van der Waals surface area contributed by atoms with E-state index in [1.165, 1.54) is 23.0 Å². The molecule has 1 aliphatic heterocycles. The minimum atomic E-state index is -1.10. The van der Waals surface area contributed by atoms with E-state index in [4.69, 9.17) is 9.47 Å². The average molecular weight is 458 g/mol. The number of para-hydroxylation sites is 1. The lowest BCUT2D eigenvalue weighted by Crippen LogP contribution is -2.58. The number of aromatic nitrogens is 1. The number of nitrogens with one attached hydrogen (secondary N) is 1. The molecule has 3 rings (SSSR count). The molecule has 3 amide bonds. The summed E-state index contributed by atoms with van der Waals surface area (Å²) in [6, 6.07) is 7.96. The largest absolute Gasteiger partial charge is 0.496 e. The maximum Gasteiger partial charge on any atom is 0.409 e. The molecule has 1 saturated heterocycles. The Morgan fingerprint density at radius 1 is 1.21 bits per heavy atom. The van der Waals surface area contributed by atoms with E-state index in [9.17, 15) is 24.3 Å². The molecule has 1 fully saturated rings. The smallest absolute Gasteiger partial charge is 0.409 e. The van der Waals surface area contributed by atoms with Crippen molar-refractivity contribution in [2.45, 2.75) is 19.4 Å². The van der Waals surface area contributed by atoms with Crippen LogP contribution >= 0.6 is 0 Å². The van der Waals surface area contributed by atoms with Crippen LogP contribution in [0.4, 0.5) is 4.79 Å². The van der Waals surface area contributed by atoms with Crippen molar-refractivity contribution in [2.24, 2.45) is 0 Å². The van der Waals surface area contributed by atoms with Gasteiger partial charge in [0.25, 0.3) is 5.91 Å². The van der Waals surface area contributed by atoms with E-state index >= 15 is 0 Å². The van der Waals surface area contributed by atoms with Gasteiger partial charge in [-0.2, -0.15) is 0 Å². The van der Waals surface area contributed by atoms with Crippen molar-refractivity contribution in [3.05, 3.63) is 36.0 Å². The molecule has 0 saturated carbocycles. The van der Waals surface area contributed by atoms with Crippen molar-refractivity contribution in [1.29, 1.82) is 0 Å². The molecule has 2 aromatic rings. The molecular formula is C22H26N4O7. The molecule has 0 radical (unpaired) electrons. The summed E-state index contributed by atoms with van der Waals surface area (Å²) >= 11 is 0. The summed E-state index contributed by atoms with van der Waals surface area (Å²) in [5.41, 5.74) is 0.664. The number of methoxy groups -OCH3 is 1. The normalized spacial score (nSPS) is 15.8. The van der Waals surface area contributed by atoms with E-state index in [-0.39, 0.29) is 44.9 Å². The topological polar surface area (TPSA) is 138 Å². The van der Waals surface area contributed by atoms with Crippen LogP contribution in [0.15, 0.2) is 30.3 Å². The van der Waals surface area contributed by atoms with E-state index in [0.717, 1.165) is 5.39 Å². The van der Waals surface area contributed by atoms with Gasteiger partial charge in [-0.15, -0.1) is 0 Å². The highest BCUT2D eigenvalue weighted by Gasteiger charge is 2.34. The van der Waals surface area contributed by atoms with Gasteiger partial charge >= 0.3 is 12.1 Å². The van der Waals surface area contributed by atoms with Gasteiger partial charge in [0.1, 0.15) is 11.4 Å². The zero-order valence-corrected chi connectivity index (χ0v) is 18.4. The fraction of sp³-hybridized carbons (Fsp3) is 0.409. The Morgan fingerprint density at radius 2 is 1.97 bits per heavy atom. The first-order chi connectivity index (χ1) is 15.8. The number of aliphatic carboxylic acids is 1. The van der Waals surface area contributed by atoms with Gasteiger partial charge in [0.05, 0.1) is 38.2 Å². The second-order valence-corrected chi connectivity index (χ2v) is 7.39. The molecule has 11 heteroatoms. The predicted molar refractivity (Wildman–Crippen MR) is 117 cm³/mol. The number of piperazine rings is 1. The van der Waals surface area contributed by atoms with Crippen molar-refractivity contribution in [1.82, 2.24) is 20.1 Å². The molecule has 0 aliphatic carbocycles. The van der Waals surface area contributed by atoms with Gasteiger partial charge < -0.3 is 29.7 Å². The zero-order valence-electron chi connectivity index (χ0n) is 18.4. The monoisotopic (exact) mass is 458 g/mol. The minimum absolute atomic E-state index is 0.0360. The number of benzene rings is 1. The third-order valence-corrected chi connectivity index (χ3v) is 5.27. The molecule has 1 unspecified atom stereocenters. The lowest BCUT2D eigenvalue weighted by molar-refractivity contribution is -0.142. The quantitative estimate of drug-likeness (QED) is 0.629. The fourth-order valence-electron chi connectivity index (χ4n) is 3.72. The molecule has 1 aromatic carbocycles. The summed E-state index contributed by atoms with van der Waals surface area (Å²) in [6.07, 6.45) is -0.886. The highest BCUT2D eigenvalue weighted by Crippen LogP contribution is 2.25. The Bertz CT molecular complexity index is 1060. The SMILES string of the molecule is CCOC(=O)N1CCN(C(=O)CNC(=O)c2cc(OC)c3ccccc3n2)C(CC(=O)O)C1. The van der Waals surface area contributed by atoms with Crippen LogP contribution in [0.25, 0.3) is 10.9 Å². The maximum absolute atomic E-state index is 12.8. The Balaban J connectivity index is 1.67. The summed E-state index contributed by atoms with van der Waals surface area (Å²) in [4.78, 5) is 55.8. The lowest BCUT2D eigenvalue weighted by Gasteiger charge is -2.40. The van der Waals surface area contributed by atoms with Gasteiger partial charge in [-0.05, 0) is 19.1 Å². The number of amides is 3. The number of carbonyl (C=O) groups excluding carboxylic acids is 3. The molecule has 2 N–H and O–H groups in total. The van der Waals surface area contributed by atoms with Gasteiger partial charge in [-0.1, -0.05) is 12.1 Å². The molecule has 0 bridgehead atoms. The predicted octanol–water partition coefficient (Wildman–Crippen LogP) is 1.12. The Labute approximate surface area is 190 Å². The highest BCUT2D eigenvalue weighted by molar-refractivity contribution is 5.98. The summed E-state index contributed by atoms with van der Waals surface area (Å²) in [5, 5.41) is 12.5. The minimum Gasteiger partial charge on any atom is -0.496 e. The van der Waals surface area contributed by atoms with Crippen LogP contribution in [-0.4, -0.2) is 89.7 Å². The Kier molecular flexibility index (Phi) is 7.65. The van der Waals surface area contributed by atoms with Gasteiger partial charge in [-0.25, -0.2) is 9.78 Å². The van der Waals surface area contributed by atoms with E-state index in [1.54, 1.807) is 19.1 Å². The Hall–Kier alpha value is -3.89. The van der Waals surface area contributed by atoms with Crippen LogP contribution < -0.4 is 10.1 Å². The zero-order chi connectivity index (χ0) is 24.0. The average Bonchev–Trinajstić information content (AvgIpc) is 2.81. The van der Waals surface area contributed by atoms with E-state index in [2.05, 4.69) is 10.3 Å². The number of hydrogen-bond donors (Lipinski definition) is 2. The van der Waals surface area contributed by atoms with Crippen LogP contribution in [0.3, 0.4) is 0 Å². The van der Waals surface area contributed by atoms with Crippen LogP contribution in [0.2, 0.25) is 0 Å². The maximum atomic E-state index is 12.8. The summed E-state index contributed by atoms with van der Waals surface area (Å²) in [7, 11) is 1.49. The van der Waals surface area contributed by atoms with E-state index in [1.807, 2.05) is 12.1 Å². The number of ether oxygens (including phenoxy) is 2. The number of hydrogen-bond acceptors (Lipinski definition) is 7. The number of pyridine rings is 1. The van der Waals surface area contributed by atoms with E-state index in [0.29, 0.717) is 11.3 Å². The van der Waals surface area contributed by atoms with Gasteiger partial charge in [0.15, 0.2) is 0 Å². The first-order valence-corrected chi connectivity index (χ1v) is 10.5. The highest BCUT2D eigenvalue weighted by atomic mass is 16.6. The van der Waals surface area contributed by atoms with Crippen LogP contribution in [0.5, 0.6) is 5.75 Å². The molecule has 1 aliphatic rings. The molecule has 1 atom stereocenters. The first-order valence-electron chi connectivity index (χ1n) is 10.5. The van der Waals surface area contributed by atoms with Gasteiger partial charge in [-0.3, -0.25) is 14.4 Å². The number of rotatable bonds is 7.